The molecule has 0 aromatic heterocycles. The summed E-state index contributed by atoms with van der Waals surface area (Å²) in [4.78, 5) is 33.4. The van der Waals surface area contributed by atoms with Crippen molar-refractivity contribution in [2.24, 2.45) is 0 Å². The molecule has 0 fully saturated rings. The number of carbonyl (C=O) groups is 3. The summed E-state index contributed by atoms with van der Waals surface area (Å²) < 4.78 is 10.8. The third kappa shape index (κ3) is 8.26. The molecule has 0 aliphatic rings. The van der Waals surface area contributed by atoms with Gasteiger partial charge in [-0.2, -0.15) is 0 Å². The summed E-state index contributed by atoms with van der Waals surface area (Å²) in [5.41, 5.74) is 1.05. The van der Waals surface area contributed by atoms with Crippen molar-refractivity contribution in [1.29, 1.82) is 0 Å². The highest BCUT2D eigenvalue weighted by Crippen LogP contribution is 2.34. The number of phenolic OH excluding ortho intramolecular Hbond substituents is 2. The molecule has 0 bridgehead atoms. The smallest absolute Gasteiger partial charge is 0.338 e. The van der Waals surface area contributed by atoms with Gasteiger partial charge >= 0.3 is 11.9 Å². The Morgan fingerprint density at radius 1 is 0.562 bits per heavy atom. The predicted molar refractivity (Wildman–Crippen MR) is 193 cm³/mol. The molecular weight excluding hydrogens is 628 g/mol. The van der Waals surface area contributed by atoms with Crippen molar-refractivity contribution < 1.29 is 34.1 Å². The van der Waals surface area contributed by atoms with E-state index in [-0.39, 0.29) is 11.5 Å². The number of allylic oxidation sites excluding steroid dienone is 1. The SMILES string of the molecule is C=C(C)C(=O)Cl.C=C(C)C(=O)Oc1ccc2ccc3c(OC(=O)C(=C)C)cccc3c2c1.Oc1ccc2ccc3c(O)cccc3c2c1. The number of halogens is 1. The number of phenols is 2. The molecule has 8 heteroatoms. The maximum absolute atomic E-state index is 11.9. The minimum absolute atomic E-state index is 0.239. The molecule has 48 heavy (non-hydrogen) atoms. The summed E-state index contributed by atoms with van der Waals surface area (Å²) in [5.74, 6) is 0.456. The molecular formula is C40H33ClO7. The third-order valence-electron chi connectivity index (χ3n) is 7.10. The first-order chi connectivity index (χ1) is 22.8. The van der Waals surface area contributed by atoms with E-state index in [2.05, 4.69) is 19.7 Å². The van der Waals surface area contributed by atoms with Crippen LogP contribution in [0.5, 0.6) is 23.0 Å². The highest BCUT2D eigenvalue weighted by atomic mass is 35.5. The summed E-state index contributed by atoms with van der Waals surface area (Å²) in [6.07, 6.45) is 0. The van der Waals surface area contributed by atoms with Gasteiger partial charge in [-0.1, -0.05) is 74.3 Å². The highest BCUT2D eigenvalue weighted by Gasteiger charge is 2.12. The van der Waals surface area contributed by atoms with E-state index in [0.29, 0.717) is 28.2 Å². The molecule has 0 saturated carbocycles. The Morgan fingerprint density at radius 3 is 1.67 bits per heavy atom. The second-order valence-electron chi connectivity index (χ2n) is 11.0. The van der Waals surface area contributed by atoms with Gasteiger partial charge < -0.3 is 19.7 Å². The summed E-state index contributed by atoms with van der Waals surface area (Å²) in [6.45, 7) is 15.2. The number of aromatic hydroxyl groups is 2. The number of fused-ring (bicyclic) bond motifs is 6. The van der Waals surface area contributed by atoms with E-state index in [4.69, 9.17) is 21.1 Å². The average Bonchev–Trinajstić information content (AvgIpc) is 3.05. The topological polar surface area (TPSA) is 110 Å². The third-order valence-corrected chi connectivity index (χ3v) is 7.42. The molecule has 6 aromatic carbocycles. The lowest BCUT2D eigenvalue weighted by atomic mass is 10.0. The molecule has 0 saturated heterocycles. The zero-order valence-corrected chi connectivity index (χ0v) is 27.4. The first kappa shape index (κ1) is 34.9. The van der Waals surface area contributed by atoms with Crippen molar-refractivity contribution in [2.75, 3.05) is 0 Å². The molecule has 0 atom stereocenters. The fraction of sp³-hybridized carbons (Fsp3) is 0.0750. The summed E-state index contributed by atoms with van der Waals surface area (Å²) in [7, 11) is 0. The van der Waals surface area contributed by atoms with E-state index >= 15 is 0 Å². The predicted octanol–water partition coefficient (Wildman–Crippen LogP) is 9.69. The first-order valence-corrected chi connectivity index (χ1v) is 15.0. The fourth-order valence-corrected chi connectivity index (χ4v) is 4.63. The minimum atomic E-state index is -0.472. The lowest BCUT2D eigenvalue weighted by Gasteiger charge is -2.11. The molecule has 0 amide bonds. The van der Waals surface area contributed by atoms with Crippen molar-refractivity contribution in [2.45, 2.75) is 20.8 Å². The Hall–Kier alpha value is -5.92. The van der Waals surface area contributed by atoms with Crippen LogP contribution in [-0.4, -0.2) is 27.4 Å². The van der Waals surface area contributed by atoms with Crippen LogP contribution in [-0.2, 0) is 14.4 Å². The summed E-state index contributed by atoms with van der Waals surface area (Å²) >= 11 is 4.87. The van der Waals surface area contributed by atoms with E-state index in [1.54, 1.807) is 63.2 Å². The summed E-state index contributed by atoms with van der Waals surface area (Å²) in [5, 5.41) is 26.1. The van der Waals surface area contributed by atoms with Crippen LogP contribution in [0.15, 0.2) is 134 Å². The van der Waals surface area contributed by atoms with Crippen LogP contribution in [0.4, 0.5) is 0 Å². The number of rotatable bonds is 5. The lowest BCUT2D eigenvalue weighted by Crippen LogP contribution is -2.08. The van der Waals surface area contributed by atoms with Gasteiger partial charge in [0.25, 0.3) is 0 Å². The fourth-order valence-electron chi connectivity index (χ4n) is 4.63. The first-order valence-electron chi connectivity index (χ1n) is 14.7. The largest absolute Gasteiger partial charge is 0.508 e. The number of benzene rings is 6. The Morgan fingerprint density at radius 2 is 1.06 bits per heavy atom. The van der Waals surface area contributed by atoms with Gasteiger partial charge in [-0.15, -0.1) is 0 Å². The number of esters is 2. The molecule has 7 nitrogen and oxygen atoms in total. The van der Waals surface area contributed by atoms with Gasteiger partial charge in [0, 0.05) is 27.5 Å². The maximum atomic E-state index is 11.9. The molecule has 0 aliphatic heterocycles. The maximum Gasteiger partial charge on any atom is 0.338 e. The molecule has 0 heterocycles. The van der Waals surface area contributed by atoms with E-state index in [1.165, 1.54) is 0 Å². The van der Waals surface area contributed by atoms with E-state index in [9.17, 15) is 24.6 Å². The normalized spacial score (nSPS) is 10.3. The lowest BCUT2D eigenvalue weighted by molar-refractivity contribution is -0.130. The van der Waals surface area contributed by atoms with Gasteiger partial charge in [-0.3, -0.25) is 4.79 Å². The van der Waals surface area contributed by atoms with Crippen LogP contribution in [0.25, 0.3) is 43.1 Å². The van der Waals surface area contributed by atoms with Gasteiger partial charge in [0.15, 0.2) is 0 Å². The standard InChI is InChI=1S/C22H18O4.C14H10O2.C4H5ClO/c1-13(2)21(23)25-16-10-8-15-9-11-18-17(19(15)12-16)6-5-7-20(18)26-22(24)14(3)4;15-10-6-4-9-5-7-12-11(13(9)8-10)2-1-3-14(12)16;1-3(2)4(5)6/h5-12H,1,3H2,2,4H3;1-8,15-16H;1H2,2H3. The van der Waals surface area contributed by atoms with Crippen molar-refractivity contribution in [3.8, 4) is 23.0 Å². The molecule has 0 aliphatic carbocycles. The van der Waals surface area contributed by atoms with Gasteiger partial charge in [0.2, 0.25) is 5.24 Å². The van der Waals surface area contributed by atoms with Crippen LogP contribution in [0.2, 0.25) is 0 Å². The monoisotopic (exact) mass is 660 g/mol. The Balaban J connectivity index is 0.000000199. The zero-order valence-electron chi connectivity index (χ0n) is 26.7. The zero-order chi connectivity index (χ0) is 35.1. The highest BCUT2D eigenvalue weighted by molar-refractivity contribution is 6.67. The second kappa shape index (κ2) is 15.1. The number of hydrogen-bond acceptors (Lipinski definition) is 7. The number of carbonyl (C=O) groups excluding carboxylic acids is 3. The second-order valence-corrected chi connectivity index (χ2v) is 11.4. The van der Waals surface area contributed by atoms with Crippen LogP contribution in [0.3, 0.4) is 0 Å². The van der Waals surface area contributed by atoms with Gasteiger partial charge in [-0.25, -0.2) is 9.59 Å². The van der Waals surface area contributed by atoms with Crippen LogP contribution in [0.1, 0.15) is 20.8 Å². The van der Waals surface area contributed by atoms with E-state index in [0.717, 1.165) is 43.1 Å². The Labute approximate surface area is 282 Å². The Bertz CT molecular complexity index is 2250. The van der Waals surface area contributed by atoms with Crippen molar-refractivity contribution in [3.05, 3.63) is 134 Å². The van der Waals surface area contributed by atoms with Crippen LogP contribution < -0.4 is 9.47 Å². The number of ether oxygens (including phenoxy) is 2. The van der Waals surface area contributed by atoms with Crippen LogP contribution >= 0.6 is 11.6 Å². The molecule has 0 radical (unpaired) electrons. The molecule has 242 valence electrons. The van der Waals surface area contributed by atoms with E-state index < -0.39 is 17.2 Å². The molecule has 6 aromatic rings. The van der Waals surface area contributed by atoms with Crippen molar-refractivity contribution in [3.63, 3.8) is 0 Å². The van der Waals surface area contributed by atoms with Crippen molar-refractivity contribution >= 4 is 71.9 Å². The molecule has 2 N–H and O–H groups in total. The van der Waals surface area contributed by atoms with E-state index in [1.807, 2.05) is 54.6 Å². The number of hydrogen-bond donors (Lipinski definition) is 2. The Kier molecular flexibility index (Phi) is 11.0. The minimum Gasteiger partial charge on any atom is -0.508 e. The van der Waals surface area contributed by atoms with Gasteiger partial charge in [-0.05, 0) is 107 Å². The molecule has 0 unspecified atom stereocenters. The quantitative estimate of drug-likeness (QED) is 0.0623. The van der Waals surface area contributed by atoms with Gasteiger partial charge in [0.1, 0.15) is 23.0 Å². The van der Waals surface area contributed by atoms with Gasteiger partial charge in [0.05, 0.1) is 0 Å². The van der Waals surface area contributed by atoms with Crippen molar-refractivity contribution in [1.82, 2.24) is 0 Å². The molecule has 0 spiro atoms. The molecule has 6 rings (SSSR count). The van der Waals surface area contributed by atoms with Crippen LogP contribution in [0, 0.1) is 0 Å². The summed E-state index contributed by atoms with van der Waals surface area (Å²) in [6, 6.07) is 29.2. The average molecular weight is 661 g/mol.